The third-order valence-electron chi connectivity index (χ3n) is 3.44. The average Bonchev–Trinajstić information content (AvgIpc) is 2.99. The molecule has 0 aliphatic rings. The summed E-state index contributed by atoms with van der Waals surface area (Å²) < 4.78 is 32.6. The maximum atomic E-state index is 12.0. The molecule has 5 heteroatoms. The molecule has 4 aromatic rings. The fourth-order valence-electron chi connectivity index (χ4n) is 2.11. The summed E-state index contributed by atoms with van der Waals surface area (Å²) in [6, 6.07) is 40.9. The van der Waals surface area contributed by atoms with Gasteiger partial charge in [-0.05, 0) is 24.3 Å². The summed E-state index contributed by atoms with van der Waals surface area (Å²) in [6.45, 7) is 8.00. The van der Waals surface area contributed by atoms with Crippen LogP contribution in [0.5, 0.6) is 0 Å². The molecule has 0 aromatic heterocycles. The predicted molar refractivity (Wildman–Crippen MR) is 160 cm³/mol. The van der Waals surface area contributed by atoms with Crippen LogP contribution in [0.1, 0.15) is 27.7 Å². The van der Waals surface area contributed by atoms with Gasteiger partial charge in [-0.2, -0.15) is 0 Å². The van der Waals surface area contributed by atoms with Crippen LogP contribution in [-0.4, -0.2) is 36.9 Å². The lowest BCUT2D eigenvalue weighted by atomic mass is 10.4. The normalized spacial score (nSPS) is 8.43. The number of ether oxygens (including phenoxy) is 2. The molecule has 0 fully saturated rings. The molecule has 0 aliphatic carbocycles. The van der Waals surface area contributed by atoms with Crippen LogP contribution in [-0.2, 0) is 19.3 Å². The maximum Gasteiger partial charge on any atom is 0.206 e. The molecule has 4 nitrogen and oxygen atoms in total. The zero-order valence-corrected chi connectivity index (χ0v) is 24.6. The molecule has 0 N–H and O–H groups in total. The van der Waals surface area contributed by atoms with E-state index in [4.69, 9.17) is 0 Å². The Labute approximate surface area is 226 Å². The van der Waals surface area contributed by atoms with Gasteiger partial charge in [-0.25, -0.2) is 8.42 Å². The van der Waals surface area contributed by atoms with Crippen LogP contribution in [0.15, 0.2) is 143 Å². The van der Waals surface area contributed by atoms with Crippen LogP contribution in [0, 0.1) is 0 Å². The van der Waals surface area contributed by atoms with Crippen molar-refractivity contribution in [3.8, 4) is 0 Å². The van der Waals surface area contributed by atoms with Gasteiger partial charge >= 0.3 is 0 Å². The van der Waals surface area contributed by atoms with E-state index in [1.54, 1.807) is 89.1 Å². The second kappa shape index (κ2) is 30.8. The van der Waals surface area contributed by atoms with Crippen molar-refractivity contribution in [1.29, 1.82) is 0 Å². The van der Waals surface area contributed by atoms with Crippen LogP contribution in [0.25, 0.3) is 0 Å². The third-order valence-corrected chi connectivity index (χ3v) is 5.23. The van der Waals surface area contributed by atoms with E-state index in [1.807, 2.05) is 100 Å². The van der Waals surface area contributed by atoms with E-state index in [-0.39, 0.29) is 0 Å². The molecule has 0 amide bonds. The fraction of sp³-hybridized carbons (Fsp3) is 0.250. The molecule has 0 spiro atoms. The summed E-state index contributed by atoms with van der Waals surface area (Å²) in [7, 11) is 3.16. The molecule has 0 radical (unpaired) electrons. The van der Waals surface area contributed by atoms with Gasteiger partial charge in [0.25, 0.3) is 0 Å². The molecule has 0 heterocycles. The maximum absolute atomic E-state index is 12.0. The first-order valence-corrected chi connectivity index (χ1v) is 13.7. The topological polar surface area (TPSA) is 52.6 Å². The first-order valence-electron chi connectivity index (χ1n) is 12.2. The number of benzene rings is 4. The first kappa shape index (κ1) is 38.3. The molecular formula is C32H46O4S. The Morgan fingerprint density at radius 2 is 0.514 bits per heavy atom. The van der Waals surface area contributed by atoms with Gasteiger partial charge in [-0.15, -0.1) is 0 Å². The highest BCUT2D eigenvalue weighted by Gasteiger charge is 2.15. The zero-order valence-electron chi connectivity index (χ0n) is 23.7. The molecule has 0 saturated heterocycles. The fourth-order valence-corrected chi connectivity index (χ4v) is 3.41. The summed E-state index contributed by atoms with van der Waals surface area (Å²) in [5, 5.41) is 0. The summed E-state index contributed by atoms with van der Waals surface area (Å²) in [5.74, 6) is 0. The van der Waals surface area contributed by atoms with Crippen molar-refractivity contribution >= 4 is 9.84 Å². The number of hydrogen-bond acceptors (Lipinski definition) is 4. The monoisotopic (exact) mass is 526 g/mol. The molecule has 37 heavy (non-hydrogen) atoms. The quantitative estimate of drug-likeness (QED) is 0.263. The average molecular weight is 527 g/mol. The van der Waals surface area contributed by atoms with Crippen molar-refractivity contribution in [2.45, 2.75) is 37.5 Å². The smallest absolute Gasteiger partial charge is 0.206 e. The Morgan fingerprint density at radius 3 is 0.676 bits per heavy atom. The second-order valence-corrected chi connectivity index (χ2v) is 8.21. The van der Waals surface area contributed by atoms with Crippen molar-refractivity contribution in [2.24, 2.45) is 0 Å². The lowest BCUT2D eigenvalue weighted by Gasteiger charge is -2.03. The molecule has 4 aromatic carbocycles. The van der Waals surface area contributed by atoms with Gasteiger partial charge in [0, 0.05) is 28.4 Å². The largest absolute Gasteiger partial charge is 0.388 e. The summed E-state index contributed by atoms with van der Waals surface area (Å²) in [5.41, 5.74) is 0. The molecule has 0 saturated carbocycles. The predicted octanol–water partition coefficient (Wildman–Crippen LogP) is 8.47. The Balaban J connectivity index is -0.000000438. The lowest BCUT2D eigenvalue weighted by Crippen LogP contribution is -2.00. The van der Waals surface area contributed by atoms with E-state index in [9.17, 15) is 8.42 Å². The Kier molecular flexibility index (Phi) is 31.8. The highest BCUT2D eigenvalue weighted by Crippen LogP contribution is 2.19. The van der Waals surface area contributed by atoms with Crippen LogP contribution in [0.3, 0.4) is 0 Å². The number of hydrogen-bond donors (Lipinski definition) is 0. The summed E-state index contributed by atoms with van der Waals surface area (Å²) >= 11 is 0. The van der Waals surface area contributed by atoms with Crippen LogP contribution < -0.4 is 0 Å². The van der Waals surface area contributed by atoms with Gasteiger partial charge in [0.1, 0.15) is 0 Å². The van der Waals surface area contributed by atoms with Gasteiger partial charge in [0.15, 0.2) is 0 Å². The minimum Gasteiger partial charge on any atom is -0.388 e. The number of rotatable bonds is 2. The highest BCUT2D eigenvalue weighted by molar-refractivity contribution is 7.91. The third kappa shape index (κ3) is 22.9. The van der Waals surface area contributed by atoms with Crippen LogP contribution in [0.2, 0.25) is 0 Å². The lowest BCUT2D eigenvalue weighted by molar-refractivity contribution is 0.277. The summed E-state index contributed by atoms with van der Waals surface area (Å²) in [6.07, 6.45) is 0. The first-order chi connectivity index (χ1) is 18.0. The van der Waals surface area contributed by atoms with E-state index in [2.05, 4.69) is 9.47 Å². The zero-order chi connectivity index (χ0) is 28.6. The molecule has 204 valence electrons. The van der Waals surface area contributed by atoms with Gasteiger partial charge in [0.05, 0.1) is 9.79 Å². The van der Waals surface area contributed by atoms with Gasteiger partial charge in [0.2, 0.25) is 9.84 Å². The second-order valence-electron chi connectivity index (χ2n) is 6.26. The molecule has 0 atom stereocenters. The van der Waals surface area contributed by atoms with Crippen molar-refractivity contribution in [3.05, 3.63) is 133 Å². The Hall–Kier alpha value is -3.25. The molecule has 0 unspecified atom stereocenters. The van der Waals surface area contributed by atoms with E-state index in [0.29, 0.717) is 9.79 Å². The summed E-state index contributed by atoms with van der Waals surface area (Å²) in [4.78, 5) is 0.660. The van der Waals surface area contributed by atoms with Crippen molar-refractivity contribution in [2.75, 3.05) is 28.4 Å². The SMILES string of the molecule is CC.CC.COC.COC.O=S(=O)(c1ccccc1)c1ccccc1.c1ccccc1.c1ccccc1. The van der Waals surface area contributed by atoms with Gasteiger partial charge in [-0.3, -0.25) is 0 Å². The molecular weight excluding hydrogens is 480 g/mol. The van der Waals surface area contributed by atoms with Crippen molar-refractivity contribution < 1.29 is 17.9 Å². The van der Waals surface area contributed by atoms with Crippen LogP contribution >= 0.6 is 0 Å². The highest BCUT2D eigenvalue weighted by atomic mass is 32.2. The van der Waals surface area contributed by atoms with E-state index < -0.39 is 9.84 Å². The number of methoxy groups -OCH3 is 2. The molecule has 0 aliphatic heterocycles. The van der Waals surface area contributed by atoms with Gasteiger partial charge < -0.3 is 9.47 Å². The minimum atomic E-state index is -3.34. The van der Waals surface area contributed by atoms with Gasteiger partial charge in [-0.1, -0.05) is 137 Å². The Bertz CT molecular complexity index is 861. The number of sulfone groups is 1. The van der Waals surface area contributed by atoms with Crippen molar-refractivity contribution in [1.82, 2.24) is 0 Å². The van der Waals surface area contributed by atoms with Crippen molar-refractivity contribution in [3.63, 3.8) is 0 Å². The van der Waals surface area contributed by atoms with E-state index >= 15 is 0 Å². The van der Waals surface area contributed by atoms with E-state index in [0.717, 1.165) is 0 Å². The molecule has 4 rings (SSSR count). The van der Waals surface area contributed by atoms with E-state index in [1.165, 1.54) is 0 Å². The van der Waals surface area contributed by atoms with Crippen LogP contribution in [0.4, 0.5) is 0 Å². The standard InChI is InChI=1S/C12H10O2S.2C6H6.2C2H6O.2C2H6/c13-15(14,11-7-3-1-4-8-11)12-9-5-2-6-10-12;2*1-2-4-6-5-3-1;2*1-3-2;2*1-2/h1-10H;2*1-6H;2*1-2H3;2*1-2H3. The Morgan fingerprint density at radius 1 is 0.378 bits per heavy atom. The minimum absolute atomic E-state index is 0.330. The molecule has 0 bridgehead atoms.